The summed E-state index contributed by atoms with van der Waals surface area (Å²) in [7, 11) is 0. The molecule has 0 aromatic rings. The largest absolute Gasteiger partial charge is 0.358 e. The van der Waals surface area contributed by atoms with Gasteiger partial charge in [0.05, 0.1) is 0 Å². The molecular formula is C7H17NS3. The Morgan fingerprint density at radius 1 is 1.27 bits per heavy atom. The molecule has 0 aliphatic rings. The number of thiol groups is 1. The highest BCUT2D eigenvalue weighted by Gasteiger charge is 2.01. The Kier molecular flexibility index (Phi) is 11.2. The summed E-state index contributed by atoms with van der Waals surface area (Å²) in [5, 5.41) is 0. The summed E-state index contributed by atoms with van der Waals surface area (Å²) < 4.78 is 0.726. The number of thiocarbonyl (C=S) groups is 1. The van der Waals surface area contributed by atoms with Crippen molar-refractivity contribution in [1.29, 1.82) is 0 Å². The Morgan fingerprint density at radius 2 is 1.64 bits per heavy atom. The van der Waals surface area contributed by atoms with E-state index in [2.05, 4.69) is 31.4 Å². The Labute approximate surface area is 87.4 Å². The first kappa shape index (κ1) is 14.1. The smallest absolute Gasteiger partial charge is 0.133 e. The molecule has 0 bridgehead atoms. The highest BCUT2D eigenvalue weighted by atomic mass is 32.1. The maximum atomic E-state index is 4.94. The number of hydrogen-bond donors (Lipinski definition) is 1. The average Bonchev–Trinajstić information content (AvgIpc) is 1.87. The summed E-state index contributed by atoms with van der Waals surface area (Å²) in [4.78, 5) is 2.12. The van der Waals surface area contributed by atoms with Crippen LogP contribution in [0.3, 0.4) is 0 Å². The van der Waals surface area contributed by atoms with E-state index in [0.29, 0.717) is 0 Å². The third-order valence-electron chi connectivity index (χ3n) is 1.26. The van der Waals surface area contributed by atoms with Gasteiger partial charge in [-0.1, -0.05) is 26.1 Å². The molecule has 0 rings (SSSR count). The van der Waals surface area contributed by atoms with Crippen molar-refractivity contribution in [1.82, 2.24) is 4.90 Å². The van der Waals surface area contributed by atoms with Gasteiger partial charge in [-0.2, -0.15) is 13.5 Å². The van der Waals surface area contributed by atoms with Gasteiger partial charge in [0, 0.05) is 13.1 Å². The number of hydrogen-bond acceptors (Lipinski definition) is 1. The van der Waals surface area contributed by atoms with Crippen molar-refractivity contribution in [3.8, 4) is 0 Å². The summed E-state index contributed by atoms with van der Waals surface area (Å²) in [6.45, 7) is 6.37. The molecule has 0 fully saturated rings. The van der Waals surface area contributed by atoms with Gasteiger partial charge in [0.1, 0.15) is 4.32 Å². The molecule has 0 aromatic heterocycles. The van der Waals surface area contributed by atoms with Crippen LogP contribution in [0.2, 0.25) is 0 Å². The Morgan fingerprint density at radius 3 is 1.82 bits per heavy atom. The zero-order valence-electron chi connectivity index (χ0n) is 7.13. The van der Waals surface area contributed by atoms with Crippen molar-refractivity contribution >= 4 is 42.7 Å². The van der Waals surface area contributed by atoms with Gasteiger partial charge in [0.2, 0.25) is 0 Å². The predicted octanol–water partition coefficient (Wildman–Crippen LogP) is 2.44. The molecule has 0 atom stereocenters. The van der Waals surface area contributed by atoms with Crippen LogP contribution >= 0.6 is 38.3 Å². The molecule has 0 heterocycles. The van der Waals surface area contributed by atoms with Gasteiger partial charge in [0.15, 0.2) is 0 Å². The summed E-state index contributed by atoms with van der Waals surface area (Å²) in [5.74, 6) is 0. The quantitative estimate of drug-likeness (QED) is 0.562. The van der Waals surface area contributed by atoms with Crippen LogP contribution < -0.4 is 0 Å². The van der Waals surface area contributed by atoms with Gasteiger partial charge in [-0.05, 0) is 12.8 Å². The fourth-order valence-corrected chi connectivity index (χ4v) is 1.23. The van der Waals surface area contributed by atoms with Gasteiger partial charge >= 0.3 is 0 Å². The molecule has 0 aliphatic heterocycles. The molecule has 0 unspecified atom stereocenters. The van der Waals surface area contributed by atoms with Crippen LogP contribution in [0.15, 0.2) is 0 Å². The van der Waals surface area contributed by atoms with Crippen molar-refractivity contribution < 1.29 is 0 Å². The first-order chi connectivity index (χ1) is 4.72. The van der Waals surface area contributed by atoms with Crippen molar-refractivity contribution in [2.24, 2.45) is 0 Å². The zero-order chi connectivity index (χ0) is 7.98. The highest BCUT2D eigenvalue weighted by molar-refractivity contribution is 8.10. The molecule has 0 saturated heterocycles. The SMILES string of the molecule is CCCN(CCC)C(=S)S.S. The topological polar surface area (TPSA) is 3.24 Å². The van der Waals surface area contributed by atoms with Gasteiger partial charge in [-0.25, -0.2) is 0 Å². The van der Waals surface area contributed by atoms with Gasteiger partial charge in [0.25, 0.3) is 0 Å². The lowest BCUT2D eigenvalue weighted by atomic mass is 10.4. The lowest BCUT2D eigenvalue weighted by molar-refractivity contribution is 0.431. The molecular weight excluding hydrogens is 194 g/mol. The Hall–Kier alpha value is 0.590. The summed E-state index contributed by atoms with van der Waals surface area (Å²) in [6.07, 6.45) is 2.28. The molecule has 0 aromatic carbocycles. The van der Waals surface area contributed by atoms with Gasteiger partial charge in [-0.3, -0.25) is 0 Å². The van der Waals surface area contributed by atoms with Crippen molar-refractivity contribution in [3.63, 3.8) is 0 Å². The van der Waals surface area contributed by atoms with Crippen molar-refractivity contribution in [3.05, 3.63) is 0 Å². The molecule has 0 spiro atoms. The first-order valence-electron chi connectivity index (χ1n) is 3.70. The molecule has 68 valence electrons. The van der Waals surface area contributed by atoms with Crippen LogP contribution in [-0.4, -0.2) is 22.3 Å². The van der Waals surface area contributed by atoms with Crippen LogP contribution in [-0.2, 0) is 0 Å². The van der Waals surface area contributed by atoms with Crippen LogP contribution in [0, 0.1) is 0 Å². The van der Waals surface area contributed by atoms with E-state index >= 15 is 0 Å². The molecule has 1 nitrogen and oxygen atoms in total. The van der Waals surface area contributed by atoms with E-state index in [1.165, 1.54) is 0 Å². The molecule has 4 heteroatoms. The minimum Gasteiger partial charge on any atom is -0.358 e. The monoisotopic (exact) mass is 211 g/mol. The molecule has 0 saturated carbocycles. The van der Waals surface area contributed by atoms with E-state index in [-0.39, 0.29) is 13.5 Å². The normalized spacial score (nSPS) is 8.64. The van der Waals surface area contributed by atoms with E-state index in [1.54, 1.807) is 0 Å². The Bertz CT molecular complexity index is 99.9. The molecule has 11 heavy (non-hydrogen) atoms. The van der Waals surface area contributed by atoms with Crippen molar-refractivity contribution in [2.75, 3.05) is 13.1 Å². The lowest BCUT2D eigenvalue weighted by Crippen LogP contribution is -2.27. The third-order valence-corrected chi connectivity index (χ3v) is 1.80. The van der Waals surface area contributed by atoms with E-state index in [1.807, 2.05) is 0 Å². The van der Waals surface area contributed by atoms with Crippen molar-refractivity contribution in [2.45, 2.75) is 26.7 Å². The van der Waals surface area contributed by atoms with E-state index in [0.717, 1.165) is 30.3 Å². The Balaban J connectivity index is 0. The summed E-state index contributed by atoms with van der Waals surface area (Å²) in [6, 6.07) is 0. The van der Waals surface area contributed by atoms with E-state index in [4.69, 9.17) is 12.2 Å². The van der Waals surface area contributed by atoms with Crippen LogP contribution in [0.4, 0.5) is 0 Å². The van der Waals surface area contributed by atoms with Crippen LogP contribution in [0.25, 0.3) is 0 Å². The lowest BCUT2D eigenvalue weighted by Gasteiger charge is -2.20. The molecule has 0 aliphatic carbocycles. The minimum atomic E-state index is 0. The zero-order valence-corrected chi connectivity index (χ0v) is 9.84. The standard InChI is InChI=1S/C7H15NS2.H2S/c1-3-5-8(6-4-2)7(9)10;/h3-6H2,1-2H3,(H,9,10);1H2. The van der Waals surface area contributed by atoms with Crippen LogP contribution in [0.5, 0.6) is 0 Å². The number of nitrogens with zero attached hydrogens (tertiary/aromatic N) is 1. The first-order valence-corrected chi connectivity index (χ1v) is 4.55. The fourth-order valence-electron chi connectivity index (χ4n) is 0.843. The highest BCUT2D eigenvalue weighted by Crippen LogP contribution is 1.99. The third kappa shape index (κ3) is 6.97. The van der Waals surface area contributed by atoms with Crippen LogP contribution in [0.1, 0.15) is 26.7 Å². The maximum Gasteiger partial charge on any atom is 0.133 e. The summed E-state index contributed by atoms with van der Waals surface area (Å²) >= 11 is 9.06. The predicted molar refractivity (Wildman–Crippen MR) is 64.1 cm³/mol. The second-order valence-corrected chi connectivity index (χ2v) is 3.38. The average molecular weight is 211 g/mol. The van der Waals surface area contributed by atoms with Gasteiger partial charge in [-0.15, -0.1) is 12.6 Å². The fraction of sp³-hybridized carbons (Fsp3) is 0.857. The second-order valence-electron chi connectivity index (χ2n) is 2.27. The molecule has 0 radical (unpaired) electrons. The van der Waals surface area contributed by atoms with E-state index in [9.17, 15) is 0 Å². The molecule has 0 amide bonds. The summed E-state index contributed by atoms with van der Waals surface area (Å²) in [5.41, 5.74) is 0. The minimum absolute atomic E-state index is 0. The number of rotatable bonds is 4. The maximum absolute atomic E-state index is 4.94. The molecule has 0 N–H and O–H groups in total. The van der Waals surface area contributed by atoms with E-state index < -0.39 is 0 Å². The second kappa shape index (κ2) is 8.68. The van der Waals surface area contributed by atoms with Gasteiger partial charge < -0.3 is 4.90 Å².